The van der Waals surface area contributed by atoms with Crippen LogP contribution < -0.4 is 0 Å². The molecule has 0 saturated heterocycles. The average Bonchev–Trinajstić information content (AvgIpc) is 3.44. The van der Waals surface area contributed by atoms with Gasteiger partial charge >= 0.3 is 0 Å². The Morgan fingerprint density at radius 3 is 2.25 bits per heavy atom. The van der Waals surface area contributed by atoms with Gasteiger partial charge in [0.15, 0.2) is 0 Å². The lowest BCUT2D eigenvalue weighted by Crippen LogP contribution is -2.29. The van der Waals surface area contributed by atoms with Crippen LogP contribution in [0, 0.1) is 12.3 Å². The van der Waals surface area contributed by atoms with E-state index in [0.717, 1.165) is 36.2 Å². The molecule has 1 unspecified atom stereocenters. The first-order chi connectivity index (χ1) is 25.1. The van der Waals surface area contributed by atoms with Crippen LogP contribution in [0.2, 0.25) is 0 Å². The van der Waals surface area contributed by atoms with Gasteiger partial charge in [-0.1, -0.05) is 178 Å². The van der Waals surface area contributed by atoms with Gasteiger partial charge in [0.2, 0.25) is 0 Å². The lowest BCUT2D eigenvalue weighted by atomic mass is 9.79. The molecule has 0 spiro atoms. The van der Waals surface area contributed by atoms with Gasteiger partial charge in [0.25, 0.3) is 0 Å². The van der Waals surface area contributed by atoms with E-state index < -0.39 is 0 Å². The first-order valence-electron chi connectivity index (χ1n) is 18.4. The Kier molecular flexibility index (Phi) is 12.8. The summed E-state index contributed by atoms with van der Waals surface area (Å²) in [5.41, 5.74) is 9.43. The fourth-order valence-corrected chi connectivity index (χ4v) is 6.86. The predicted molar refractivity (Wildman–Crippen MR) is 231 cm³/mol. The van der Waals surface area contributed by atoms with E-state index in [1.54, 1.807) is 6.08 Å². The molecule has 264 valence electrons. The topological polar surface area (TPSA) is 15.6 Å². The van der Waals surface area contributed by atoms with Crippen molar-refractivity contribution >= 4 is 38.4 Å². The van der Waals surface area contributed by atoms with Crippen molar-refractivity contribution in [3.8, 4) is 0 Å². The minimum atomic E-state index is -0.112. The fraction of sp³-hybridized carbons (Fsp3) is 0.220. The van der Waals surface area contributed by atoms with Crippen molar-refractivity contribution in [2.75, 3.05) is 7.05 Å². The summed E-state index contributed by atoms with van der Waals surface area (Å²) in [6.07, 6.45) is 28.6. The maximum Gasteiger partial charge on any atom is 0.124 e. The van der Waals surface area contributed by atoms with Crippen molar-refractivity contribution in [3.05, 3.63) is 193 Å². The van der Waals surface area contributed by atoms with E-state index >= 15 is 0 Å². The first-order valence-corrected chi connectivity index (χ1v) is 18.4. The zero-order valence-electron chi connectivity index (χ0n) is 31.8. The van der Waals surface area contributed by atoms with Crippen LogP contribution in [0.1, 0.15) is 68.7 Å². The highest BCUT2D eigenvalue weighted by molar-refractivity contribution is 6.16. The molecule has 0 heterocycles. The molecule has 0 amide bonds. The molecule has 5 rings (SSSR count). The molecule has 0 aromatic heterocycles. The Labute approximate surface area is 312 Å². The summed E-state index contributed by atoms with van der Waals surface area (Å²) in [5, 5.41) is 5.07. The number of rotatable bonds is 15. The average molecular weight is 683 g/mol. The van der Waals surface area contributed by atoms with E-state index in [2.05, 4.69) is 187 Å². The number of aliphatic imine (C=N–C) groups is 1. The molecular formula is C50H54N2. The predicted octanol–water partition coefficient (Wildman–Crippen LogP) is 13.5. The Bertz CT molecular complexity index is 2100. The Hall–Kier alpha value is -5.47. The zero-order valence-corrected chi connectivity index (χ0v) is 31.8. The van der Waals surface area contributed by atoms with E-state index in [9.17, 15) is 0 Å². The lowest BCUT2D eigenvalue weighted by molar-refractivity contribution is 0.310. The van der Waals surface area contributed by atoms with Gasteiger partial charge in [-0.3, -0.25) is 4.99 Å². The molecule has 1 aliphatic rings. The number of allylic oxidation sites excluding steroid dienone is 13. The summed E-state index contributed by atoms with van der Waals surface area (Å²) < 4.78 is 0. The smallest absolute Gasteiger partial charge is 0.124 e. The van der Waals surface area contributed by atoms with Gasteiger partial charge in [-0.2, -0.15) is 0 Å². The van der Waals surface area contributed by atoms with Crippen LogP contribution in [0.25, 0.3) is 32.7 Å². The number of hydrogen-bond donors (Lipinski definition) is 0. The summed E-state index contributed by atoms with van der Waals surface area (Å²) in [5.74, 6) is 0. The Morgan fingerprint density at radius 1 is 0.904 bits per heavy atom. The SMILES string of the molecule is C=C/C=C\C=C/CC(N=C(C)c1cccc(C)c1)N(C)C(=C)C/C=C(\CC(C)(C)C=C)c1c2ccccc2c(C2=CCC=CC=C2)c2ccccc12. The van der Waals surface area contributed by atoms with Gasteiger partial charge < -0.3 is 4.90 Å². The third-order valence-corrected chi connectivity index (χ3v) is 9.89. The van der Waals surface area contributed by atoms with Crippen LogP contribution >= 0.6 is 0 Å². The zero-order chi connectivity index (χ0) is 37.1. The van der Waals surface area contributed by atoms with Gasteiger partial charge in [-0.25, -0.2) is 0 Å². The van der Waals surface area contributed by atoms with Crippen molar-refractivity contribution in [1.29, 1.82) is 0 Å². The molecule has 52 heavy (non-hydrogen) atoms. The summed E-state index contributed by atoms with van der Waals surface area (Å²) in [7, 11) is 2.12. The van der Waals surface area contributed by atoms with Crippen molar-refractivity contribution in [2.24, 2.45) is 10.4 Å². The molecule has 0 N–H and O–H groups in total. The summed E-state index contributed by atoms with van der Waals surface area (Å²) in [6, 6.07) is 26.4. The van der Waals surface area contributed by atoms with E-state index in [4.69, 9.17) is 4.99 Å². The molecule has 1 atom stereocenters. The minimum absolute atomic E-state index is 0.111. The lowest BCUT2D eigenvalue weighted by Gasteiger charge is -2.29. The van der Waals surface area contributed by atoms with Crippen LogP contribution in [0.4, 0.5) is 0 Å². The van der Waals surface area contributed by atoms with Crippen molar-refractivity contribution in [1.82, 2.24) is 4.90 Å². The molecule has 2 heteroatoms. The van der Waals surface area contributed by atoms with Gasteiger partial charge in [0.05, 0.1) is 0 Å². The van der Waals surface area contributed by atoms with Crippen molar-refractivity contribution in [2.45, 2.75) is 59.5 Å². The van der Waals surface area contributed by atoms with E-state index in [0.29, 0.717) is 6.42 Å². The number of benzene rings is 4. The number of aryl methyl sites for hydroxylation is 1. The third kappa shape index (κ3) is 9.25. The van der Waals surface area contributed by atoms with Crippen LogP contribution in [0.15, 0.2) is 176 Å². The largest absolute Gasteiger partial charge is 0.356 e. The highest BCUT2D eigenvalue weighted by Crippen LogP contribution is 2.44. The number of nitrogens with zero attached hydrogens (tertiary/aromatic N) is 2. The summed E-state index contributed by atoms with van der Waals surface area (Å²) in [6.45, 7) is 21.4. The van der Waals surface area contributed by atoms with Crippen molar-refractivity contribution in [3.63, 3.8) is 0 Å². The molecule has 0 fully saturated rings. The first kappa shape index (κ1) is 37.8. The molecule has 2 nitrogen and oxygen atoms in total. The second kappa shape index (κ2) is 17.6. The molecule has 4 aromatic carbocycles. The van der Waals surface area contributed by atoms with Gasteiger partial charge in [0.1, 0.15) is 6.17 Å². The highest BCUT2D eigenvalue weighted by Gasteiger charge is 2.23. The fourth-order valence-electron chi connectivity index (χ4n) is 6.86. The third-order valence-electron chi connectivity index (χ3n) is 9.89. The van der Waals surface area contributed by atoms with Gasteiger partial charge in [-0.05, 0) is 81.5 Å². The van der Waals surface area contributed by atoms with Crippen LogP contribution in [-0.2, 0) is 0 Å². The number of hydrogen-bond acceptors (Lipinski definition) is 2. The van der Waals surface area contributed by atoms with Gasteiger partial charge in [0, 0.05) is 31.3 Å². The van der Waals surface area contributed by atoms with E-state index in [1.165, 1.54) is 49.4 Å². The molecule has 0 saturated carbocycles. The summed E-state index contributed by atoms with van der Waals surface area (Å²) >= 11 is 0. The quantitative estimate of drug-likeness (QED) is 0.0527. The standard InChI is InChI=1S/C50H54N2/c1-9-11-12-13-18-32-47(51-39(5)41-27-23-24-37(3)35-41)52(8)38(4)33-34-42(36-50(6,7)10-2)49-45-30-21-19-28-43(45)48(40-25-16-14-15-17-26-40)44-29-20-22-31-46(44)49/h9-16,18-31,34-35,47H,1-2,4,17,32-33,36H2,3,5-8H3/b12-11-,18-13-,42-34+,51-39?. The Morgan fingerprint density at radius 2 is 1.60 bits per heavy atom. The highest BCUT2D eigenvalue weighted by atomic mass is 15.2. The molecule has 0 bridgehead atoms. The van der Waals surface area contributed by atoms with E-state index in [1.807, 2.05) is 12.2 Å². The summed E-state index contributed by atoms with van der Waals surface area (Å²) in [4.78, 5) is 7.51. The second-order valence-corrected chi connectivity index (χ2v) is 14.4. The van der Waals surface area contributed by atoms with Crippen LogP contribution in [-0.4, -0.2) is 23.8 Å². The minimum Gasteiger partial charge on any atom is -0.356 e. The van der Waals surface area contributed by atoms with Crippen LogP contribution in [0.5, 0.6) is 0 Å². The molecule has 0 aliphatic heterocycles. The number of fused-ring (bicyclic) bond motifs is 2. The monoisotopic (exact) mass is 682 g/mol. The molecule has 0 radical (unpaired) electrons. The molecule has 4 aromatic rings. The van der Waals surface area contributed by atoms with Crippen molar-refractivity contribution < 1.29 is 0 Å². The second-order valence-electron chi connectivity index (χ2n) is 14.4. The Balaban J connectivity index is 1.60. The molecule has 1 aliphatic carbocycles. The molecular weight excluding hydrogens is 629 g/mol. The maximum atomic E-state index is 5.26. The normalized spacial score (nSPS) is 14.6. The van der Waals surface area contributed by atoms with E-state index in [-0.39, 0.29) is 11.6 Å². The van der Waals surface area contributed by atoms with Crippen LogP contribution in [0.3, 0.4) is 0 Å². The maximum absolute atomic E-state index is 5.26. The van der Waals surface area contributed by atoms with Gasteiger partial charge in [-0.15, -0.1) is 6.58 Å².